The third-order valence-corrected chi connectivity index (χ3v) is 5.90. The van der Waals surface area contributed by atoms with Crippen LogP contribution in [0, 0.1) is 0 Å². The topological polar surface area (TPSA) is 77.6 Å². The van der Waals surface area contributed by atoms with Gasteiger partial charge in [-0.25, -0.2) is 14.6 Å². The molecule has 5 rings (SSSR count). The van der Waals surface area contributed by atoms with Crippen molar-refractivity contribution in [1.29, 1.82) is 0 Å². The smallest absolute Gasteiger partial charge is 0.258 e. The van der Waals surface area contributed by atoms with E-state index in [1.165, 1.54) is 11.8 Å². The highest BCUT2D eigenvalue weighted by Crippen LogP contribution is 2.27. The van der Waals surface area contributed by atoms with Crippen molar-refractivity contribution in [3.05, 3.63) is 106 Å². The molecule has 1 N–H and O–H groups in total. The molecule has 0 fully saturated rings. The van der Waals surface area contributed by atoms with E-state index in [0.29, 0.717) is 39.9 Å². The average molecular weight is 477 g/mol. The first-order valence-corrected chi connectivity index (χ1v) is 10.9. The Morgan fingerprint density at radius 1 is 0.939 bits per heavy atom. The predicted molar refractivity (Wildman–Crippen MR) is 129 cm³/mol. The molecule has 0 spiro atoms. The highest BCUT2D eigenvalue weighted by atomic mass is 35.5. The number of fused-ring (bicyclic) bond motifs is 1. The number of pyridine rings is 1. The van der Waals surface area contributed by atoms with E-state index in [1.54, 1.807) is 41.3 Å². The molecule has 2 aromatic carbocycles. The number of carbonyl (C=O) groups is 1. The standard InChI is InChI=1S/C24H18Cl2N6O/c25-17-6-8-18(9-7-17)30-24(33)20-12-28-23-19(22(20)26)13-29-32(23)15-21-27-10-11-31(21)14-16-4-2-1-3-5-16/h1-13H,14-15H2,(H,30,33). The van der Waals surface area contributed by atoms with Crippen molar-refractivity contribution < 1.29 is 4.79 Å². The van der Waals surface area contributed by atoms with E-state index < -0.39 is 0 Å². The Balaban J connectivity index is 1.38. The highest BCUT2D eigenvalue weighted by molar-refractivity contribution is 6.38. The quantitative estimate of drug-likeness (QED) is 0.361. The van der Waals surface area contributed by atoms with Crippen LogP contribution >= 0.6 is 23.2 Å². The van der Waals surface area contributed by atoms with Crippen LogP contribution in [0.15, 0.2) is 79.4 Å². The number of rotatable bonds is 6. The van der Waals surface area contributed by atoms with Gasteiger partial charge in [-0.3, -0.25) is 4.79 Å². The van der Waals surface area contributed by atoms with Gasteiger partial charge >= 0.3 is 0 Å². The maximum Gasteiger partial charge on any atom is 0.258 e. The molecular formula is C24H18Cl2N6O. The Hall–Kier alpha value is -3.68. The van der Waals surface area contributed by atoms with E-state index in [0.717, 1.165) is 5.82 Å². The number of nitrogens with one attached hydrogen (secondary N) is 1. The van der Waals surface area contributed by atoms with Crippen LogP contribution in [-0.4, -0.2) is 30.2 Å². The van der Waals surface area contributed by atoms with E-state index in [-0.39, 0.29) is 11.5 Å². The van der Waals surface area contributed by atoms with Crippen molar-refractivity contribution in [3.63, 3.8) is 0 Å². The molecule has 0 aliphatic heterocycles. The van der Waals surface area contributed by atoms with Crippen molar-refractivity contribution in [2.75, 3.05) is 5.32 Å². The predicted octanol–water partition coefficient (Wildman–Crippen LogP) is 5.28. The first-order valence-electron chi connectivity index (χ1n) is 10.2. The Bertz CT molecular complexity index is 1430. The van der Waals surface area contributed by atoms with Crippen molar-refractivity contribution in [2.24, 2.45) is 0 Å². The summed E-state index contributed by atoms with van der Waals surface area (Å²) in [4.78, 5) is 21.7. The van der Waals surface area contributed by atoms with E-state index in [2.05, 4.69) is 37.1 Å². The number of hydrogen-bond donors (Lipinski definition) is 1. The molecule has 164 valence electrons. The Morgan fingerprint density at radius 3 is 2.52 bits per heavy atom. The van der Waals surface area contributed by atoms with Crippen LogP contribution in [0.25, 0.3) is 11.0 Å². The first kappa shape index (κ1) is 21.2. The normalized spacial score (nSPS) is 11.1. The minimum atomic E-state index is -0.358. The summed E-state index contributed by atoms with van der Waals surface area (Å²) in [6.07, 6.45) is 6.79. The van der Waals surface area contributed by atoms with Crippen LogP contribution in [0.1, 0.15) is 21.7 Å². The fourth-order valence-corrected chi connectivity index (χ4v) is 3.95. The molecule has 0 unspecified atom stereocenters. The van der Waals surface area contributed by atoms with Crippen molar-refractivity contribution >= 4 is 45.8 Å². The molecule has 0 aliphatic rings. The minimum Gasteiger partial charge on any atom is -0.329 e. The Labute approximate surface area is 199 Å². The molecular weight excluding hydrogens is 459 g/mol. The van der Waals surface area contributed by atoms with Gasteiger partial charge < -0.3 is 9.88 Å². The van der Waals surface area contributed by atoms with Gasteiger partial charge in [0.05, 0.1) is 22.2 Å². The van der Waals surface area contributed by atoms with Crippen molar-refractivity contribution in [3.8, 4) is 0 Å². The van der Waals surface area contributed by atoms with E-state index in [1.807, 2.05) is 24.4 Å². The zero-order valence-electron chi connectivity index (χ0n) is 17.3. The van der Waals surface area contributed by atoms with Gasteiger partial charge in [-0.1, -0.05) is 53.5 Å². The number of imidazole rings is 1. The molecule has 33 heavy (non-hydrogen) atoms. The van der Waals surface area contributed by atoms with Gasteiger partial charge in [-0.2, -0.15) is 5.10 Å². The largest absolute Gasteiger partial charge is 0.329 e. The van der Waals surface area contributed by atoms with Crippen LogP contribution in [0.5, 0.6) is 0 Å². The van der Waals surface area contributed by atoms with Crippen LogP contribution < -0.4 is 5.32 Å². The maximum absolute atomic E-state index is 12.7. The number of nitrogens with zero attached hydrogens (tertiary/aromatic N) is 5. The number of halogens is 2. The number of aromatic nitrogens is 5. The number of amides is 1. The lowest BCUT2D eigenvalue weighted by Crippen LogP contribution is -2.13. The molecule has 9 heteroatoms. The van der Waals surface area contributed by atoms with Gasteiger partial charge in [0.1, 0.15) is 12.4 Å². The monoisotopic (exact) mass is 476 g/mol. The van der Waals surface area contributed by atoms with Crippen molar-refractivity contribution in [1.82, 2.24) is 24.3 Å². The zero-order valence-corrected chi connectivity index (χ0v) is 18.8. The van der Waals surface area contributed by atoms with Gasteiger partial charge in [0.25, 0.3) is 5.91 Å². The van der Waals surface area contributed by atoms with Gasteiger partial charge in [-0.05, 0) is 29.8 Å². The zero-order chi connectivity index (χ0) is 22.8. The lowest BCUT2D eigenvalue weighted by atomic mass is 10.2. The highest BCUT2D eigenvalue weighted by Gasteiger charge is 2.18. The minimum absolute atomic E-state index is 0.268. The number of benzene rings is 2. The van der Waals surface area contributed by atoms with Crippen LogP contribution in [0.3, 0.4) is 0 Å². The molecule has 0 atom stereocenters. The van der Waals surface area contributed by atoms with E-state index >= 15 is 0 Å². The van der Waals surface area contributed by atoms with Crippen LogP contribution in [0.4, 0.5) is 5.69 Å². The molecule has 0 saturated carbocycles. The third-order valence-electron chi connectivity index (χ3n) is 5.24. The summed E-state index contributed by atoms with van der Waals surface area (Å²) in [5.74, 6) is 0.481. The fraction of sp³-hybridized carbons (Fsp3) is 0.0833. The molecule has 0 bridgehead atoms. The Morgan fingerprint density at radius 2 is 1.73 bits per heavy atom. The molecule has 5 aromatic rings. The fourth-order valence-electron chi connectivity index (χ4n) is 3.55. The third kappa shape index (κ3) is 4.46. The second-order valence-electron chi connectivity index (χ2n) is 7.44. The van der Waals surface area contributed by atoms with Crippen LogP contribution in [0.2, 0.25) is 10.0 Å². The summed E-state index contributed by atoms with van der Waals surface area (Å²) < 4.78 is 3.80. The summed E-state index contributed by atoms with van der Waals surface area (Å²) in [6, 6.07) is 17.0. The van der Waals surface area contributed by atoms with Crippen LogP contribution in [-0.2, 0) is 13.1 Å². The molecule has 3 heterocycles. The van der Waals surface area contributed by atoms with Gasteiger partial charge in [0, 0.05) is 35.8 Å². The number of hydrogen-bond acceptors (Lipinski definition) is 4. The second kappa shape index (κ2) is 9.05. The van der Waals surface area contributed by atoms with Gasteiger partial charge in [0.2, 0.25) is 0 Å². The summed E-state index contributed by atoms with van der Waals surface area (Å²) >= 11 is 12.5. The SMILES string of the molecule is O=C(Nc1ccc(Cl)cc1)c1cnc2c(cnn2Cc2nccn2Cc2ccccc2)c1Cl. The van der Waals surface area contributed by atoms with Gasteiger partial charge in [-0.15, -0.1) is 0 Å². The average Bonchev–Trinajstić information content (AvgIpc) is 3.44. The van der Waals surface area contributed by atoms with Crippen molar-refractivity contribution in [2.45, 2.75) is 13.1 Å². The molecule has 7 nitrogen and oxygen atoms in total. The van der Waals surface area contributed by atoms with E-state index in [9.17, 15) is 4.79 Å². The summed E-state index contributed by atoms with van der Waals surface area (Å²) in [5, 5.41) is 8.73. The summed E-state index contributed by atoms with van der Waals surface area (Å²) in [7, 11) is 0. The molecule has 3 aromatic heterocycles. The second-order valence-corrected chi connectivity index (χ2v) is 8.26. The molecule has 0 saturated heterocycles. The van der Waals surface area contributed by atoms with E-state index in [4.69, 9.17) is 23.2 Å². The lowest BCUT2D eigenvalue weighted by Gasteiger charge is -2.10. The number of anilines is 1. The molecule has 0 radical (unpaired) electrons. The molecule has 1 amide bonds. The Kier molecular flexibility index (Phi) is 5.81. The lowest BCUT2D eigenvalue weighted by molar-refractivity contribution is 0.102. The summed E-state index contributed by atoms with van der Waals surface area (Å²) in [6.45, 7) is 1.13. The maximum atomic E-state index is 12.7. The summed E-state index contributed by atoms with van der Waals surface area (Å²) in [5.41, 5.74) is 2.64. The first-order chi connectivity index (χ1) is 16.1. The van der Waals surface area contributed by atoms with Gasteiger partial charge in [0.15, 0.2) is 5.65 Å². The molecule has 0 aliphatic carbocycles. The number of carbonyl (C=O) groups excluding carboxylic acids is 1.